The summed E-state index contributed by atoms with van der Waals surface area (Å²) in [6.07, 6.45) is 0. The Kier molecular flexibility index (Phi) is 3.82. The molecule has 1 aliphatic rings. The van der Waals surface area contributed by atoms with E-state index in [2.05, 4.69) is 5.32 Å². The van der Waals surface area contributed by atoms with Crippen molar-refractivity contribution in [1.82, 2.24) is 10.2 Å². The van der Waals surface area contributed by atoms with Crippen molar-refractivity contribution in [2.45, 2.75) is 19.0 Å². The van der Waals surface area contributed by atoms with Crippen LogP contribution < -0.4 is 5.32 Å². The first kappa shape index (κ1) is 15.5. The Morgan fingerprint density at radius 1 is 1.17 bits per heavy atom. The van der Waals surface area contributed by atoms with Gasteiger partial charge in [-0.25, -0.2) is 9.18 Å². The van der Waals surface area contributed by atoms with Crippen molar-refractivity contribution < 1.29 is 14.0 Å². The minimum Gasteiger partial charge on any atom is -0.319 e. The molecule has 2 aromatic carbocycles. The van der Waals surface area contributed by atoms with E-state index in [9.17, 15) is 14.0 Å². The van der Waals surface area contributed by atoms with Gasteiger partial charge in [0, 0.05) is 5.02 Å². The predicted molar refractivity (Wildman–Crippen MR) is 84.3 cm³/mol. The molecule has 2 aromatic rings. The number of urea groups is 1. The molecule has 1 heterocycles. The van der Waals surface area contributed by atoms with Gasteiger partial charge in [0.05, 0.1) is 6.54 Å². The van der Waals surface area contributed by atoms with Crippen LogP contribution in [0.4, 0.5) is 9.18 Å². The lowest BCUT2D eigenvalue weighted by molar-refractivity contribution is -0.131. The molecule has 3 amide bonds. The van der Waals surface area contributed by atoms with Gasteiger partial charge in [0.15, 0.2) is 0 Å². The monoisotopic (exact) mass is 332 g/mol. The fraction of sp³-hybridized carbons (Fsp3) is 0.176. The number of hydrogen-bond donors (Lipinski definition) is 1. The van der Waals surface area contributed by atoms with Crippen LogP contribution in [0, 0.1) is 5.82 Å². The van der Waals surface area contributed by atoms with Crippen LogP contribution in [0.3, 0.4) is 0 Å². The van der Waals surface area contributed by atoms with Crippen LogP contribution in [0.1, 0.15) is 18.1 Å². The van der Waals surface area contributed by atoms with Crippen LogP contribution in [0.2, 0.25) is 5.02 Å². The Labute approximate surface area is 137 Å². The number of benzene rings is 2. The Hall–Kier alpha value is -2.40. The van der Waals surface area contributed by atoms with Gasteiger partial charge in [-0.05, 0) is 30.2 Å². The highest BCUT2D eigenvalue weighted by Crippen LogP contribution is 2.30. The first-order chi connectivity index (χ1) is 10.9. The summed E-state index contributed by atoms with van der Waals surface area (Å²) in [4.78, 5) is 26.1. The standard InChI is InChI=1S/C17H14ClFN2O2/c1-17(12-5-3-2-4-6-12)15(22)21(16(23)20-17)10-11-7-8-13(19)9-14(11)18/h2-9H,10H2,1H3,(H,20,23). The lowest BCUT2D eigenvalue weighted by Crippen LogP contribution is -2.40. The number of carbonyl (C=O) groups is 2. The van der Waals surface area contributed by atoms with Gasteiger partial charge < -0.3 is 5.32 Å². The van der Waals surface area contributed by atoms with Crippen LogP contribution in [-0.4, -0.2) is 16.8 Å². The van der Waals surface area contributed by atoms with E-state index in [1.807, 2.05) is 6.07 Å². The van der Waals surface area contributed by atoms with E-state index in [0.29, 0.717) is 11.1 Å². The highest BCUT2D eigenvalue weighted by Gasteiger charge is 2.48. The number of rotatable bonds is 3. The van der Waals surface area contributed by atoms with Gasteiger partial charge in [0.1, 0.15) is 11.4 Å². The summed E-state index contributed by atoms with van der Waals surface area (Å²) in [6, 6.07) is 12.4. The van der Waals surface area contributed by atoms with Gasteiger partial charge in [-0.2, -0.15) is 0 Å². The Balaban J connectivity index is 1.90. The van der Waals surface area contributed by atoms with Gasteiger partial charge in [-0.1, -0.05) is 48.0 Å². The fourth-order valence-electron chi connectivity index (χ4n) is 2.63. The largest absolute Gasteiger partial charge is 0.325 e. The molecule has 1 N–H and O–H groups in total. The third kappa shape index (κ3) is 2.68. The molecule has 1 saturated heterocycles. The first-order valence-electron chi connectivity index (χ1n) is 7.05. The van der Waals surface area contributed by atoms with Crippen molar-refractivity contribution in [2.24, 2.45) is 0 Å². The van der Waals surface area contributed by atoms with E-state index in [1.54, 1.807) is 31.2 Å². The van der Waals surface area contributed by atoms with Crippen molar-refractivity contribution in [2.75, 3.05) is 0 Å². The molecule has 6 heteroatoms. The molecule has 23 heavy (non-hydrogen) atoms. The molecule has 4 nitrogen and oxygen atoms in total. The fourth-order valence-corrected chi connectivity index (χ4v) is 2.85. The second-order valence-electron chi connectivity index (χ2n) is 5.55. The maximum absolute atomic E-state index is 13.1. The average Bonchev–Trinajstić information content (AvgIpc) is 2.75. The van der Waals surface area contributed by atoms with E-state index >= 15 is 0 Å². The summed E-state index contributed by atoms with van der Waals surface area (Å²) in [6.45, 7) is 1.65. The van der Waals surface area contributed by atoms with Crippen molar-refractivity contribution in [3.05, 3.63) is 70.5 Å². The maximum Gasteiger partial charge on any atom is 0.325 e. The summed E-state index contributed by atoms with van der Waals surface area (Å²) >= 11 is 5.98. The Bertz CT molecular complexity index is 781. The molecule has 1 aliphatic heterocycles. The minimum atomic E-state index is -1.12. The molecule has 1 unspecified atom stereocenters. The van der Waals surface area contributed by atoms with E-state index in [-0.39, 0.29) is 17.5 Å². The molecular formula is C17H14ClFN2O2. The van der Waals surface area contributed by atoms with Crippen molar-refractivity contribution in [3.63, 3.8) is 0 Å². The normalized spacial score (nSPS) is 20.7. The summed E-state index contributed by atoms with van der Waals surface area (Å²) in [5, 5.41) is 2.90. The van der Waals surface area contributed by atoms with E-state index < -0.39 is 17.4 Å². The second-order valence-corrected chi connectivity index (χ2v) is 5.96. The molecule has 0 aromatic heterocycles. The van der Waals surface area contributed by atoms with Gasteiger partial charge in [0.2, 0.25) is 0 Å². The summed E-state index contributed by atoms with van der Waals surface area (Å²) in [5.74, 6) is -0.834. The van der Waals surface area contributed by atoms with Gasteiger partial charge in [-0.3, -0.25) is 9.69 Å². The third-order valence-corrected chi connectivity index (χ3v) is 4.32. The quantitative estimate of drug-likeness (QED) is 0.875. The smallest absolute Gasteiger partial charge is 0.319 e. The molecule has 118 valence electrons. The van der Waals surface area contributed by atoms with Crippen LogP contribution in [0.25, 0.3) is 0 Å². The van der Waals surface area contributed by atoms with Crippen molar-refractivity contribution >= 4 is 23.5 Å². The maximum atomic E-state index is 13.1. The lowest BCUT2D eigenvalue weighted by Gasteiger charge is -2.22. The molecule has 1 atom stereocenters. The molecule has 0 radical (unpaired) electrons. The van der Waals surface area contributed by atoms with E-state index in [0.717, 1.165) is 11.0 Å². The van der Waals surface area contributed by atoms with Crippen LogP contribution >= 0.6 is 11.6 Å². The topological polar surface area (TPSA) is 49.4 Å². The highest BCUT2D eigenvalue weighted by atomic mass is 35.5. The number of amides is 3. The predicted octanol–water partition coefficient (Wildman–Crippen LogP) is 3.45. The van der Waals surface area contributed by atoms with Gasteiger partial charge >= 0.3 is 6.03 Å². The number of nitrogens with one attached hydrogen (secondary N) is 1. The molecule has 0 spiro atoms. The van der Waals surface area contributed by atoms with Crippen molar-refractivity contribution in [3.8, 4) is 0 Å². The number of halogens is 2. The molecule has 0 bridgehead atoms. The number of carbonyl (C=O) groups excluding carboxylic acids is 2. The molecule has 0 saturated carbocycles. The second kappa shape index (κ2) is 5.66. The Morgan fingerprint density at radius 2 is 1.87 bits per heavy atom. The molecular weight excluding hydrogens is 319 g/mol. The number of imide groups is 1. The van der Waals surface area contributed by atoms with E-state index in [1.165, 1.54) is 12.1 Å². The summed E-state index contributed by atoms with van der Waals surface area (Å²) < 4.78 is 13.1. The summed E-state index contributed by atoms with van der Waals surface area (Å²) in [7, 11) is 0. The lowest BCUT2D eigenvalue weighted by atomic mass is 9.92. The molecule has 1 fully saturated rings. The summed E-state index contributed by atoms with van der Waals surface area (Å²) in [5.41, 5.74) is 0.0881. The zero-order valence-corrected chi connectivity index (χ0v) is 13.1. The minimum absolute atomic E-state index is 0.00773. The van der Waals surface area contributed by atoms with Gasteiger partial charge in [0.25, 0.3) is 5.91 Å². The Morgan fingerprint density at radius 3 is 2.52 bits per heavy atom. The van der Waals surface area contributed by atoms with E-state index in [4.69, 9.17) is 11.6 Å². The van der Waals surface area contributed by atoms with Crippen LogP contribution in [-0.2, 0) is 16.9 Å². The highest BCUT2D eigenvalue weighted by molar-refractivity contribution is 6.31. The number of hydrogen-bond acceptors (Lipinski definition) is 2. The first-order valence-corrected chi connectivity index (χ1v) is 7.43. The number of nitrogens with zero attached hydrogens (tertiary/aromatic N) is 1. The van der Waals surface area contributed by atoms with Crippen LogP contribution in [0.5, 0.6) is 0 Å². The zero-order valence-electron chi connectivity index (χ0n) is 12.3. The van der Waals surface area contributed by atoms with Crippen LogP contribution in [0.15, 0.2) is 48.5 Å². The average molecular weight is 333 g/mol. The van der Waals surface area contributed by atoms with Crippen molar-refractivity contribution in [1.29, 1.82) is 0 Å². The molecule has 3 rings (SSSR count). The molecule has 0 aliphatic carbocycles. The SMILES string of the molecule is CC1(c2ccccc2)NC(=O)N(Cc2ccc(F)cc2Cl)C1=O. The van der Waals surface area contributed by atoms with Gasteiger partial charge in [-0.15, -0.1) is 0 Å². The zero-order chi connectivity index (χ0) is 16.6. The third-order valence-electron chi connectivity index (χ3n) is 3.97.